The number of nitro benzene ring substituents is 3. The lowest BCUT2D eigenvalue weighted by atomic mass is 10.2. The highest BCUT2D eigenvalue weighted by atomic mass is 35.7. The van der Waals surface area contributed by atoms with Gasteiger partial charge in [0, 0.05) is 22.2 Å². The van der Waals surface area contributed by atoms with Gasteiger partial charge >= 0.3 is 26.3 Å². The van der Waals surface area contributed by atoms with Gasteiger partial charge in [0.05, 0.1) is 33.4 Å². The monoisotopic (exact) mass is 516 g/mol. The molecule has 0 aliphatic carbocycles. The average Bonchev–Trinajstić information content (AvgIpc) is 3.04. The predicted octanol–water partition coefficient (Wildman–Crippen LogP) is 2.05. The third kappa shape index (κ3) is 4.94. The maximum absolute atomic E-state index is 12.7. The van der Waals surface area contributed by atoms with E-state index in [-0.39, 0.29) is 21.4 Å². The molecule has 0 saturated carbocycles. The lowest BCUT2D eigenvalue weighted by Gasteiger charge is -2.02. The van der Waals surface area contributed by atoms with Crippen molar-refractivity contribution in [1.82, 2.24) is 7.93 Å². The molecule has 18 heteroatoms. The SMILES string of the molecule is O=c1n(S(=O)(=O)Cl)sc(=Nc2c([N+](=O)[O-])cc([N+](=O)[O-])cc2[N+](=O)[O-])n1Cc1ccccc1. The fraction of sp³-hybridized carbons (Fsp3) is 0.0667. The minimum atomic E-state index is -4.63. The zero-order chi connectivity index (χ0) is 24.5. The minimum Gasteiger partial charge on any atom is -0.262 e. The van der Waals surface area contributed by atoms with Crippen LogP contribution in [0.3, 0.4) is 0 Å². The number of nitro groups is 3. The summed E-state index contributed by atoms with van der Waals surface area (Å²) in [4.78, 5) is 46.7. The van der Waals surface area contributed by atoms with Gasteiger partial charge in [-0.1, -0.05) is 30.3 Å². The Morgan fingerprint density at radius 2 is 1.52 bits per heavy atom. The molecule has 0 bridgehead atoms. The lowest BCUT2D eigenvalue weighted by Crippen LogP contribution is -2.31. The molecule has 1 heterocycles. The van der Waals surface area contributed by atoms with E-state index in [0.717, 1.165) is 4.57 Å². The fourth-order valence-electron chi connectivity index (χ4n) is 2.65. The standard InChI is InChI=1S/C15H9ClN6O9S2/c16-33(30,31)22-15(23)18(8-9-4-2-1-3-5-9)14(32-22)17-13-11(20(26)27)6-10(19(24)25)7-12(13)21(28)29/h1-7H,8H2. The molecule has 15 nitrogen and oxygen atoms in total. The van der Waals surface area contributed by atoms with Gasteiger partial charge in [-0.3, -0.25) is 34.9 Å². The van der Waals surface area contributed by atoms with Crippen LogP contribution in [0.15, 0.2) is 52.3 Å². The van der Waals surface area contributed by atoms with Crippen LogP contribution in [0.5, 0.6) is 0 Å². The van der Waals surface area contributed by atoms with Gasteiger partial charge in [-0.25, -0.2) is 9.79 Å². The van der Waals surface area contributed by atoms with E-state index in [9.17, 15) is 43.6 Å². The van der Waals surface area contributed by atoms with Gasteiger partial charge in [-0.05, 0) is 5.56 Å². The van der Waals surface area contributed by atoms with Gasteiger partial charge in [-0.15, -0.1) is 3.36 Å². The summed E-state index contributed by atoms with van der Waals surface area (Å²) in [6.45, 7) is -0.261. The molecule has 33 heavy (non-hydrogen) atoms. The van der Waals surface area contributed by atoms with Crippen LogP contribution in [-0.4, -0.2) is 31.1 Å². The third-order valence-electron chi connectivity index (χ3n) is 4.03. The van der Waals surface area contributed by atoms with Crippen LogP contribution < -0.4 is 10.5 Å². The molecule has 0 aliphatic heterocycles. The van der Waals surface area contributed by atoms with Crippen molar-refractivity contribution >= 4 is 54.2 Å². The summed E-state index contributed by atoms with van der Waals surface area (Å²) in [6.07, 6.45) is 0. The van der Waals surface area contributed by atoms with Crippen molar-refractivity contribution in [3.05, 3.63) is 93.7 Å². The molecule has 0 spiro atoms. The van der Waals surface area contributed by atoms with E-state index >= 15 is 0 Å². The zero-order valence-electron chi connectivity index (χ0n) is 15.8. The Morgan fingerprint density at radius 1 is 0.970 bits per heavy atom. The van der Waals surface area contributed by atoms with Crippen molar-refractivity contribution in [2.45, 2.75) is 6.54 Å². The number of aromatic nitrogens is 2. The van der Waals surface area contributed by atoms with Crippen molar-refractivity contribution < 1.29 is 23.2 Å². The largest absolute Gasteiger partial charge is 0.355 e. The quantitative estimate of drug-likeness (QED) is 0.255. The van der Waals surface area contributed by atoms with Crippen LogP contribution >= 0.6 is 22.2 Å². The number of nitrogens with zero attached hydrogens (tertiary/aromatic N) is 6. The second-order valence-corrected chi connectivity index (χ2v) is 9.62. The van der Waals surface area contributed by atoms with E-state index in [1.54, 1.807) is 30.3 Å². The predicted molar refractivity (Wildman–Crippen MR) is 114 cm³/mol. The molecule has 0 saturated heterocycles. The van der Waals surface area contributed by atoms with Gasteiger partial charge in [0.15, 0.2) is 0 Å². The maximum atomic E-state index is 12.7. The second kappa shape index (κ2) is 8.88. The molecule has 0 amide bonds. The smallest absolute Gasteiger partial charge is 0.262 e. The molecule has 3 rings (SSSR count). The Bertz CT molecular complexity index is 1490. The summed E-state index contributed by atoms with van der Waals surface area (Å²) in [6, 6.07) is 9.03. The highest BCUT2D eigenvalue weighted by molar-refractivity contribution is 8.13. The van der Waals surface area contributed by atoms with Gasteiger partial charge in [0.2, 0.25) is 10.5 Å². The molecule has 0 N–H and O–H groups in total. The van der Waals surface area contributed by atoms with Crippen molar-refractivity contribution in [3.8, 4) is 0 Å². The Hall–Kier alpha value is -3.96. The van der Waals surface area contributed by atoms with Gasteiger partial charge < -0.3 is 0 Å². The molecule has 0 unspecified atom stereocenters. The number of rotatable bonds is 7. The summed E-state index contributed by atoms with van der Waals surface area (Å²) >= 11 is 0.160. The topological polar surface area (TPSA) is 203 Å². The first kappa shape index (κ1) is 23.7. The van der Waals surface area contributed by atoms with E-state index in [2.05, 4.69) is 4.99 Å². The summed E-state index contributed by atoms with van der Waals surface area (Å²) in [7, 11) is 0.640. The van der Waals surface area contributed by atoms with Gasteiger partial charge in [0.25, 0.3) is 5.69 Å². The highest BCUT2D eigenvalue weighted by Gasteiger charge is 2.31. The van der Waals surface area contributed by atoms with E-state index in [1.807, 2.05) is 0 Å². The first-order chi connectivity index (χ1) is 15.4. The van der Waals surface area contributed by atoms with E-state index in [4.69, 9.17) is 10.7 Å². The highest BCUT2D eigenvalue weighted by Crippen LogP contribution is 2.40. The third-order valence-corrected chi connectivity index (χ3v) is 6.85. The van der Waals surface area contributed by atoms with Crippen LogP contribution in [0.2, 0.25) is 0 Å². The number of non-ortho nitro benzene ring substituents is 1. The Kier molecular flexibility index (Phi) is 6.38. The second-order valence-electron chi connectivity index (χ2n) is 6.11. The Morgan fingerprint density at radius 3 is 1.97 bits per heavy atom. The Labute approximate surface area is 190 Å². The number of benzene rings is 2. The van der Waals surface area contributed by atoms with Gasteiger partial charge in [0.1, 0.15) is 0 Å². The Balaban J connectivity index is 2.41. The number of hydrogen-bond acceptors (Lipinski definition) is 11. The minimum absolute atomic E-state index is 0.138. The van der Waals surface area contributed by atoms with Crippen molar-refractivity contribution in [3.63, 3.8) is 0 Å². The first-order valence-corrected chi connectivity index (χ1v) is 11.4. The van der Waals surface area contributed by atoms with Crippen LogP contribution in [-0.2, 0) is 15.8 Å². The first-order valence-electron chi connectivity index (χ1n) is 8.38. The summed E-state index contributed by atoms with van der Waals surface area (Å²) in [5.41, 5.74) is -4.71. The summed E-state index contributed by atoms with van der Waals surface area (Å²) < 4.78 is 24.5. The normalized spacial score (nSPS) is 12.0. The molecule has 172 valence electrons. The lowest BCUT2D eigenvalue weighted by molar-refractivity contribution is -0.402. The molecule has 1 aromatic heterocycles. The number of halogens is 1. The molecule has 3 aromatic rings. The molecule has 0 aliphatic rings. The van der Waals surface area contributed by atoms with Crippen LogP contribution in [0, 0.1) is 30.3 Å². The molecule has 0 fully saturated rings. The van der Waals surface area contributed by atoms with Crippen LogP contribution in [0.4, 0.5) is 22.7 Å². The summed E-state index contributed by atoms with van der Waals surface area (Å²) in [5.74, 6) is 0. The van der Waals surface area contributed by atoms with Crippen molar-refractivity contribution in [2.24, 2.45) is 4.99 Å². The van der Waals surface area contributed by atoms with Crippen molar-refractivity contribution in [2.75, 3.05) is 0 Å². The fourth-order valence-corrected chi connectivity index (χ4v) is 4.62. The molecular formula is C15H9ClN6O9S2. The molecule has 0 radical (unpaired) electrons. The zero-order valence-corrected chi connectivity index (χ0v) is 18.2. The average molecular weight is 517 g/mol. The molecular weight excluding hydrogens is 508 g/mol. The van der Waals surface area contributed by atoms with Crippen LogP contribution in [0.25, 0.3) is 0 Å². The van der Waals surface area contributed by atoms with E-state index in [0.29, 0.717) is 17.7 Å². The van der Waals surface area contributed by atoms with E-state index in [1.165, 1.54) is 0 Å². The maximum Gasteiger partial charge on any atom is 0.355 e. The summed E-state index contributed by atoms with van der Waals surface area (Å²) in [5, 5.41) is 34.0. The molecule has 2 aromatic carbocycles. The van der Waals surface area contributed by atoms with Gasteiger partial charge in [-0.2, -0.15) is 8.42 Å². The van der Waals surface area contributed by atoms with Crippen molar-refractivity contribution in [1.29, 1.82) is 0 Å². The number of hydrogen-bond donors (Lipinski definition) is 0. The van der Waals surface area contributed by atoms with E-state index < -0.39 is 57.2 Å². The molecule has 0 atom stereocenters. The van der Waals surface area contributed by atoms with Crippen LogP contribution in [0.1, 0.15) is 5.56 Å².